The van der Waals surface area contributed by atoms with Gasteiger partial charge in [-0.3, -0.25) is 0 Å². The molecule has 1 fully saturated rings. The minimum absolute atomic E-state index is 0.270. The largest absolute Gasteiger partial charge is 0.326 e. The lowest BCUT2D eigenvalue weighted by molar-refractivity contribution is 0.310. The van der Waals surface area contributed by atoms with Crippen molar-refractivity contribution < 1.29 is 8.42 Å². The SMILES string of the molecule is CN(CCN1CCCC1)S(=O)(=O)c1ccsc1CN. The smallest absolute Gasteiger partial charge is 0.244 e. The molecule has 0 unspecified atom stereocenters. The zero-order valence-corrected chi connectivity index (χ0v) is 12.8. The summed E-state index contributed by atoms with van der Waals surface area (Å²) in [6.45, 7) is 3.77. The van der Waals surface area contributed by atoms with Crippen molar-refractivity contribution in [1.29, 1.82) is 0 Å². The van der Waals surface area contributed by atoms with E-state index >= 15 is 0 Å². The first-order valence-corrected chi connectivity index (χ1v) is 8.83. The van der Waals surface area contributed by atoms with Gasteiger partial charge in [0, 0.05) is 31.6 Å². The van der Waals surface area contributed by atoms with E-state index in [4.69, 9.17) is 5.73 Å². The number of likely N-dealkylation sites (N-methyl/N-ethyl adjacent to an activating group) is 1. The van der Waals surface area contributed by atoms with E-state index < -0.39 is 10.0 Å². The van der Waals surface area contributed by atoms with E-state index in [0.29, 0.717) is 11.4 Å². The second kappa shape index (κ2) is 6.32. The van der Waals surface area contributed by atoms with Gasteiger partial charge < -0.3 is 10.6 Å². The number of thiophene rings is 1. The molecule has 1 aliphatic heterocycles. The fourth-order valence-corrected chi connectivity index (χ4v) is 4.75. The fourth-order valence-electron chi connectivity index (χ4n) is 2.28. The highest BCUT2D eigenvalue weighted by molar-refractivity contribution is 7.89. The average Bonchev–Trinajstić information content (AvgIpc) is 3.06. The van der Waals surface area contributed by atoms with Gasteiger partial charge in [-0.05, 0) is 37.4 Å². The lowest BCUT2D eigenvalue weighted by atomic mass is 10.4. The lowest BCUT2D eigenvalue weighted by Gasteiger charge is -2.21. The molecule has 1 saturated heterocycles. The maximum Gasteiger partial charge on any atom is 0.244 e. The average molecular weight is 303 g/mol. The number of hydrogen-bond acceptors (Lipinski definition) is 5. The maximum absolute atomic E-state index is 12.4. The number of nitrogens with zero attached hydrogens (tertiary/aromatic N) is 2. The predicted octanol–water partition coefficient (Wildman–Crippen LogP) is 0.923. The Kier molecular flexibility index (Phi) is 4.97. The topological polar surface area (TPSA) is 66.6 Å². The number of likely N-dealkylation sites (tertiary alicyclic amines) is 1. The van der Waals surface area contributed by atoms with Gasteiger partial charge in [0.1, 0.15) is 0 Å². The molecular formula is C12H21N3O2S2. The van der Waals surface area contributed by atoms with Crippen LogP contribution in [0.2, 0.25) is 0 Å². The molecule has 0 bridgehead atoms. The van der Waals surface area contributed by atoms with Crippen LogP contribution in [0.15, 0.2) is 16.3 Å². The molecule has 0 amide bonds. The van der Waals surface area contributed by atoms with Gasteiger partial charge in [0.15, 0.2) is 0 Å². The highest BCUT2D eigenvalue weighted by Crippen LogP contribution is 2.24. The Morgan fingerprint density at radius 1 is 1.42 bits per heavy atom. The summed E-state index contributed by atoms with van der Waals surface area (Å²) >= 11 is 1.40. The van der Waals surface area contributed by atoms with Gasteiger partial charge in [-0.15, -0.1) is 11.3 Å². The van der Waals surface area contributed by atoms with Gasteiger partial charge in [0.2, 0.25) is 10.0 Å². The van der Waals surface area contributed by atoms with Gasteiger partial charge in [-0.1, -0.05) is 0 Å². The Bertz CT molecular complexity index is 507. The molecule has 0 saturated carbocycles. The molecule has 1 aromatic heterocycles. The van der Waals surface area contributed by atoms with E-state index in [9.17, 15) is 8.42 Å². The van der Waals surface area contributed by atoms with Crippen LogP contribution in [0.3, 0.4) is 0 Å². The minimum atomic E-state index is -3.39. The molecule has 108 valence electrons. The predicted molar refractivity (Wildman–Crippen MR) is 77.7 cm³/mol. The molecule has 0 aliphatic carbocycles. The molecule has 7 heteroatoms. The highest BCUT2D eigenvalue weighted by Gasteiger charge is 2.25. The van der Waals surface area contributed by atoms with Gasteiger partial charge in [0.25, 0.3) is 0 Å². The number of rotatable bonds is 6. The molecule has 0 radical (unpaired) electrons. The quantitative estimate of drug-likeness (QED) is 0.849. The van der Waals surface area contributed by atoms with Gasteiger partial charge in [-0.2, -0.15) is 4.31 Å². The second-order valence-corrected chi connectivity index (χ2v) is 7.80. The van der Waals surface area contributed by atoms with Crippen molar-refractivity contribution in [2.75, 3.05) is 33.2 Å². The van der Waals surface area contributed by atoms with Gasteiger partial charge in [0.05, 0.1) is 4.90 Å². The number of nitrogens with two attached hydrogens (primary N) is 1. The molecule has 0 aromatic carbocycles. The third kappa shape index (κ3) is 3.35. The maximum atomic E-state index is 12.4. The van der Waals surface area contributed by atoms with Crippen molar-refractivity contribution in [2.45, 2.75) is 24.3 Å². The summed E-state index contributed by atoms with van der Waals surface area (Å²) in [7, 11) is -1.75. The van der Waals surface area contributed by atoms with Gasteiger partial charge in [-0.25, -0.2) is 8.42 Å². The Morgan fingerprint density at radius 3 is 2.74 bits per heavy atom. The molecule has 19 heavy (non-hydrogen) atoms. The molecule has 0 atom stereocenters. The molecule has 0 spiro atoms. The van der Waals surface area contributed by atoms with E-state index in [-0.39, 0.29) is 6.54 Å². The third-order valence-corrected chi connectivity index (χ3v) is 6.52. The minimum Gasteiger partial charge on any atom is -0.326 e. The fraction of sp³-hybridized carbons (Fsp3) is 0.667. The van der Waals surface area contributed by atoms with Crippen LogP contribution in [-0.2, 0) is 16.6 Å². The van der Waals surface area contributed by atoms with Crippen molar-refractivity contribution in [2.24, 2.45) is 5.73 Å². The van der Waals surface area contributed by atoms with Crippen LogP contribution in [-0.4, -0.2) is 50.8 Å². The van der Waals surface area contributed by atoms with Crippen LogP contribution < -0.4 is 5.73 Å². The summed E-state index contributed by atoms with van der Waals surface area (Å²) in [5.74, 6) is 0. The highest BCUT2D eigenvalue weighted by atomic mass is 32.2. The van der Waals surface area contributed by atoms with E-state index in [0.717, 1.165) is 24.5 Å². The Balaban J connectivity index is 2.02. The summed E-state index contributed by atoms with van der Waals surface area (Å²) in [5.41, 5.74) is 5.58. The summed E-state index contributed by atoms with van der Waals surface area (Å²) in [6.07, 6.45) is 2.44. The summed E-state index contributed by atoms with van der Waals surface area (Å²) in [5, 5.41) is 1.78. The van der Waals surface area contributed by atoms with Crippen LogP contribution in [0, 0.1) is 0 Å². The number of hydrogen-bond donors (Lipinski definition) is 1. The normalized spacial score (nSPS) is 17.4. The van der Waals surface area contributed by atoms with E-state index in [1.54, 1.807) is 18.5 Å². The van der Waals surface area contributed by atoms with E-state index in [1.807, 2.05) is 0 Å². The zero-order chi connectivity index (χ0) is 13.9. The second-order valence-electron chi connectivity index (χ2n) is 4.79. The van der Waals surface area contributed by atoms with Crippen LogP contribution in [0.4, 0.5) is 0 Å². The molecule has 2 rings (SSSR count). The summed E-state index contributed by atoms with van der Waals surface area (Å²) in [6, 6.07) is 1.65. The molecule has 5 nitrogen and oxygen atoms in total. The van der Waals surface area contributed by atoms with Gasteiger partial charge >= 0.3 is 0 Å². The van der Waals surface area contributed by atoms with Crippen LogP contribution in [0.1, 0.15) is 17.7 Å². The van der Waals surface area contributed by atoms with Crippen LogP contribution >= 0.6 is 11.3 Å². The molecule has 2 heterocycles. The Labute approximate surface area is 119 Å². The van der Waals surface area contributed by atoms with Crippen molar-refractivity contribution in [1.82, 2.24) is 9.21 Å². The first-order valence-electron chi connectivity index (χ1n) is 6.51. The Hall–Kier alpha value is -0.470. The van der Waals surface area contributed by atoms with E-state index in [1.165, 1.54) is 28.5 Å². The first-order chi connectivity index (χ1) is 9.05. The standard InChI is InChI=1S/C12H21N3O2S2/c1-14(7-8-15-5-2-3-6-15)19(16,17)12-4-9-18-11(12)10-13/h4,9H,2-3,5-8,10,13H2,1H3. The van der Waals surface area contributed by atoms with Crippen molar-refractivity contribution >= 4 is 21.4 Å². The molecule has 1 aliphatic rings. The third-order valence-electron chi connectivity index (χ3n) is 3.51. The zero-order valence-electron chi connectivity index (χ0n) is 11.2. The van der Waals surface area contributed by atoms with Crippen LogP contribution in [0.25, 0.3) is 0 Å². The molecule has 2 N–H and O–H groups in total. The summed E-state index contributed by atoms with van der Waals surface area (Å²) < 4.78 is 26.3. The number of sulfonamides is 1. The Morgan fingerprint density at radius 2 is 2.11 bits per heavy atom. The monoisotopic (exact) mass is 303 g/mol. The molecular weight excluding hydrogens is 282 g/mol. The summed E-state index contributed by atoms with van der Waals surface area (Å²) in [4.78, 5) is 3.40. The van der Waals surface area contributed by atoms with E-state index in [2.05, 4.69) is 4.90 Å². The van der Waals surface area contributed by atoms with Crippen molar-refractivity contribution in [3.8, 4) is 0 Å². The van der Waals surface area contributed by atoms with Crippen molar-refractivity contribution in [3.63, 3.8) is 0 Å². The molecule has 1 aromatic rings. The lowest BCUT2D eigenvalue weighted by Crippen LogP contribution is -2.35. The first kappa shape index (κ1) is 14.9. The van der Waals surface area contributed by atoms with Crippen molar-refractivity contribution in [3.05, 3.63) is 16.3 Å². The van der Waals surface area contributed by atoms with Crippen LogP contribution in [0.5, 0.6) is 0 Å².